The zero-order valence-electron chi connectivity index (χ0n) is 14.1. The van der Waals surface area contributed by atoms with E-state index in [0.29, 0.717) is 5.70 Å². The van der Waals surface area contributed by atoms with E-state index in [2.05, 4.69) is 47.1 Å². The lowest BCUT2D eigenvalue weighted by Crippen LogP contribution is -1.97. The molecule has 0 saturated carbocycles. The van der Waals surface area contributed by atoms with Crippen molar-refractivity contribution >= 4 is 33.4 Å². The number of allylic oxidation sites excluding steroid dienone is 7. The first-order valence-electron chi connectivity index (χ1n) is 7.94. The fourth-order valence-electron chi connectivity index (χ4n) is 2.21. The Balaban J connectivity index is 2.37. The molecule has 2 aromatic carbocycles. The first-order chi connectivity index (χ1) is 12.1. The van der Waals surface area contributed by atoms with Crippen LogP contribution < -0.4 is 5.73 Å². The molecule has 0 radical (unpaired) electrons. The SMILES string of the molecule is Cc1ccc(C(/C=C(\N)c2ccc(Br)cc2)=C\C=C/C=C\C=N)cc1. The van der Waals surface area contributed by atoms with E-state index in [4.69, 9.17) is 11.1 Å². The van der Waals surface area contributed by atoms with Gasteiger partial charge in [-0.15, -0.1) is 0 Å². The van der Waals surface area contributed by atoms with E-state index in [1.165, 1.54) is 11.8 Å². The topological polar surface area (TPSA) is 49.9 Å². The molecule has 0 fully saturated rings. The summed E-state index contributed by atoms with van der Waals surface area (Å²) in [7, 11) is 0. The third-order valence-electron chi connectivity index (χ3n) is 3.58. The Kier molecular flexibility index (Phi) is 7.17. The van der Waals surface area contributed by atoms with Crippen molar-refractivity contribution in [3.05, 3.63) is 106 Å². The lowest BCUT2D eigenvalue weighted by Gasteiger charge is -2.07. The Hall–Kier alpha value is -2.65. The summed E-state index contributed by atoms with van der Waals surface area (Å²) >= 11 is 3.44. The second-order valence-corrected chi connectivity index (χ2v) is 6.45. The smallest absolute Gasteiger partial charge is 0.0393 e. The van der Waals surface area contributed by atoms with E-state index in [-0.39, 0.29) is 0 Å². The molecule has 0 aliphatic heterocycles. The van der Waals surface area contributed by atoms with Gasteiger partial charge in [-0.2, -0.15) is 0 Å². The molecular weight excluding hydrogens is 372 g/mol. The minimum atomic E-state index is 0.711. The molecule has 3 heteroatoms. The predicted molar refractivity (Wildman–Crippen MR) is 113 cm³/mol. The fraction of sp³-hybridized carbons (Fsp3) is 0.0455. The van der Waals surface area contributed by atoms with Crippen molar-refractivity contribution in [3.8, 4) is 0 Å². The molecule has 0 atom stereocenters. The molecule has 0 aromatic heterocycles. The number of hydrogen-bond acceptors (Lipinski definition) is 2. The van der Waals surface area contributed by atoms with Crippen LogP contribution in [-0.4, -0.2) is 6.21 Å². The fourth-order valence-corrected chi connectivity index (χ4v) is 2.47. The molecule has 0 aliphatic rings. The highest BCUT2D eigenvalue weighted by atomic mass is 79.9. The van der Waals surface area contributed by atoms with E-state index >= 15 is 0 Å². The van der Waals surface area contributed by atoms with Crippen LogP contribution in [0.2, 0.25) is 0 Å². The molecule has 126 valence electrons. The number of aryl methyl sites for hydroxylation is 1. The molecule has 0 unspecified atom stereocenters. The summed E-state index contributed by atoms with van der Waals surface area (Å²) in [5.41, 5.74) is 11.3. The van der Waals surface area contributed by atoms with Crippen LogP contribution in [0.5, 0.6) is 0 Å². The van der Waals surface area contributed by atoms with Gasteiger partial charge in [0.25, 0.3) is 0 Å². The second kappa shape index (κ2) is 9.60. The van der Waals surface area contributed by atoms with Crippen LogP contribution in [0, 0.1) is 12.3 Å². The summed E-state index contributed by atoms with van der Waals surface area (Å²) in [6, 6.07) is 16.3. The first-order valence-corrected chi connectivity index (χ1v) is 8.73. The largest absolute Gasteiger partial charge is 0.398 e. The molecule has 0 spiro atoms. The molecule has 0 amide bonds. The monoisotopic (exact) mass is 392 g/mol. The Labute approximate surface area is 157 Å². The van der Waals surface area contributed by atoms with Crippen molar-refractivity contribution < 1.29 is 0 Å². The van der Waals surface area contributed by atoms with Crippen molar-refractivity contribution in [2.75, 3.05) is 0 Å². The van der Waals surface area contributed by atoms with E-state index in [1.807, 2.05) is 54.6 Å². The van der Waals surface area contributed by atoms with Crippen molar-refractivity contribution in [1.29, 1.82) is 5.41 Å². The van der Waals surface area contributed by atoms with Gasteiger partial charge in [-0.3, -0.25) is 0 Å². The second-order valence-electron chi connectivity index (χ2n) is 5.53. The number of nitrogens with one attached hydrogen (secondary N) is 1. The summed E-state index contributed by atoms with van der Waals surface area (Å²) in [5, 5.41) is 6.99. The Morgan fingerprint density at radius 3 is 2.12 bits per heavy atom. The Morgan fingerprint density at radius 2 is 1.48 bits per heavy atom. The summed E-state index contributed by atoms with van der Waals surface area (Å²) < 4.78 is 1.03. The molecule has 0 heterocycles. The first kappa shape index (κ1) is 18.7. The lowest BCUT2D eigenvalue weighted by molar-refractivity contribution is 1.45. The van der Waals surface area contributed by atoms with Gasteiger partial charge in [0.05, 0.1) is 0 Å². The molecule has 0 bridgehead atoms. The number of rotatable bonds is 6. The van der Waals surface area contributed by atoms with Crippen LogP contribution in [0.25, 0.3) is 11.3 Å². The summed E-state index contributed by atoms with van der Waals surface area (Å²) in [6.07, 6.45) is 12.6. The third-order valence-corrected chi connectivity index (χ3v) is 4.11. The zero-order chi connectivity index (χ0) is 18.1. The average Bonchev–Trinajstić information content (AvgIpc) is 2.61. The van der Waals surface area contributed by atoms with Crippen molar-refractivity contribution in [1.82, 2.24) is 0 Å². The van der Waals surface area contributed by atoms with Crippen LogP contribution in [0.4, 0.5) is 0 Å². The molecule has 25 heavy (non-hydrogen) atoms. The van der Waals surface area contributed by atoms with Gasteiger partial charge in [0.15, 0.2) is 0 Å². The van der Waals surface area contributed by atoms with Crippen molar-refractivity contribution in [3.63, 3.8) is 0 Å². The average molecular weight is 393 g/mol. The molecule has 0 aliphatic carbocycles. The van der Waals surface area contributed by atoms with Crippen LogP contribution in [-0.2, 0) is 0 Å². The third kappa shape index (κ3) is 6.05. The number of halogens is 1. The van der Waals surface area contributed by atoms with Gasteiger partial charge in [0.1, 0.15) is 0 Å². The minimum Gasteiger partial charge on any atom is -0.398 e. The minimum absolute atomic E-state index is 0.711. The molecular formula is C22H21BrN2. The normalized spacial score (nSPS) is 12.9. The van der Waals surface area contributed by atoms with E-state index in [1.54, 1.807) is 6.08 Å². The predicted octanol–water partition coefficient (Wildman–Crippen LogP) is 5.90. The maximum atomic E-state index is 6.99. The summed E-state index contributed by atoms with van der Waals surface area (Å²) in [4.78, 5) is 0. The van der Waals surface area contributed by atoms with Gasteiger partial charge in [-0.25, -0.2) is 0 Å². The van der Waals surface area contributed by atoms with Crippen LogP contribution >= 0.6 is 15.9 Å². The van der Waals surface area contributed by atoms with Gasteiger partial charge < -0.3 is 11.1 Å². The van der Waals surface area contributed by atoms with Crippen LogP contribution in [0.3, 0.4) is 0 Å². The molecule has 3 N–H and O–H groups in total. The van der Waals surface area contributed by atoms with Crippen molar-refractivity contribution in [2.24, 2.45) is 5.73 Å². The number of benzene rings is 2. The lowest BCUT2D eigenvalue weighted by atomic mass is 10.0. The van der Waals surface area contributed by atoms with E-state index in [9.17, 15) is 0 Å². The summed E-state index contributed by atoms with van der Waals surface area (Å²) in [5.74, 6) is 0. The van der Waals surface area contributed by atoms with E-state index < -0.39 is 0 Å². The standard InChI is InChI=1S/C22H21BrN2/c1-17-7-9-18(10-8-17)20(6-4-2-3-5-15-24)16-22(25)19-11-13-21(23)14-12-19/h2-16,24H,25H2,1H3/b4-2-,5-3-,20-6-,22-16-,24-15?. The van der Waals surface area contributed by atoms with Gasteiger partial charge in [-0.05, 0) is 47.9 Å². The zero-order valence-corrected chi connectivity index (χ0v) is 15.7. The Morgan fingerprint density at radius 1 is 0.880 bits per heavy atom. The van der Waals surface area contributed by atoms with Crippen LogP contribution in [0.15, 0.2) is 89.5 Å². The highest BCUT2D eigenvalue weighted by Crippen LogP contribution is 2.22. The van der Waals surface area contributed by atoms with Crippen molar-refractivity contribution in [2.45, 2.75) is 6.92 Å². The quantitative estimate of drug-likeness (QED) is 0.466. The molecule has 2 aromatic rings. The molecule has 2 rings (SSSR count). The highest BCUT2D eigenvalue weighted by molar-refractivity contribution is 9.10. The maximum absolute atomic E-state index is 6.99. The van der Waals surface area contributed by atoms with Gasteiger partial charge in [0, 0.05) is 16.4 Å². The summed E-state index contributed by atoms with van der Waals surface area (Å²) in [6.45, 7) is 2.07. The Bertz CT molecular complexity index is 823. The molecule has 0 saturated heterocycles. The number of hydrogen-bond donors (Lipinski definition) is 2. The van der Waals surface area contributed by atoms with E-state index in [0.717, 1.165) is 21.2 Å². The van der Waals surface area contributed by atoms with Gasteiger partial charge >= 0.3 is 0 Å². The maximum Gasteiger partial charge on any atom is 0.0393 e. The molecule has 2 nitrogen and oxygen atoms in total. The van der Waals surface area contributed by atoms with Gasteiger partial charge in [-0.1, -0.05) is 82.2 Å². The van der Waals surface area contributed by atoms with Gasteiger partial charge in [0.2, 0.25) is 0 Å². The highest BCUT2D eigenvalue weighted by Gasteiger charge is 2.02. The van der Waals surface area contributed by atoms with Crippen LogP contribution in [0.1, 0.15) is 16.7 Å². The number of nitrogens with two attached hydrogens (primary N) is 1.